The number of aromatic carboxylic acids is 1. The van der Waals surface area contributed by atoms with Gasteiger partial charge in [0.15, 0.2) is 0 Å². The summed E-state index contributed by atoms with van der Waals surface area (Å²) in [6.07, 6.45) is 0.580. The highest BCUT2D eigenvalue weighted by Crippen LogP contribution is 2.25. The highest BCUT2D eigenvalue weighted by molar-refractivity contribution is 5.88. The Kier molecular flexibility index (Phi) is 5.42. The summed E-state index contributed by atoms with van der Waals surface area (Å²) in [4.78, 5) is 23.3. The van der Waals surface area contributed by atoms with Crippen molar-refractivity contribution < 1.29 is 23.5 Å². The fraction of sp³-hybridized carbons (Fsp3) is 0.385. The zero-order valence-corrected chi connectivity index (χ0v) is 11.2. The quantitative estimate of drug-likeness (QED) is 0.834. The Morgan fingerprint density at radius 2 is 1.85 bits per heavy atom. The molecular weight excluding hydrogens is 270 g/mol. The number of halogens is 2. The summed E-state index contributed by atoms with van der Waals surface area (Å²) < 4.78 is 27.8. The molecule has 0 bridgehead atoms. The molecule has 0 saturated heterocycles. The van der Waals surface area contributed by atoms with E-state index in [4.69, 9.17) is 5.11 Å². The number of amides is 1. The molecule has 0 aliphatic heterocycles. The normalized spacial score (nSPS) is 10.2. The third-order valence-electron chi connectivity index (χ3n) is 2.69. The van der Waals surface area contributed by atoms with Gasteiger partial charge >= 0.3 is 5.97 Å². The summed E-state index contributed by atoms with van der Waals surface area (Å²) in [7, 11) is 1.42. The van der Waals surface area contributed by atoms with E-state index in [2.05, 4.69) is 5.32 Å². The molecule has 0 unspecified atom stereocenters. The predicted octanol–water partition coefficient (Wildman–Crippen LogP) is 1.63. The minimum Gasteiger partial charge on any atom is -0.478 e. The van der Waals surface area contributed by atoms with Crippen LogP contribution in [0.25, 0.3) is 0 Å². The standard InChI is InChI=1S/C13H16F2N2O3/c1-3-4-17(7-11(18)16-2)12-9(14)5-8(13(19)20)6-10(12)15/h5-6H,3-4,7H2,1-2H3,(H,16,18)(H,19,20). The van der Waals surface area contributed by atoms with Crippen molar-refractivity contribution in [1.82, 2.24) is 5.32 Å². The molecular formula is C13H16F2N2O3. The van der Waals surface area contributed by atoms with E-state index >= 15 is 0 Å². The van der Waals surface area contributed by atoms with Crippen molar-refractivity contribution in [3.8, 4) is 0 Å². The van der Waals surface area contributed by atoms with Gasteiger partial charge in [0.2, 0.25) is 5.91 Å². The van der Waals surface area contributed by atoms with Gasteiger partial charge in [-0.15, -0.1) is 0 Å². The van der Waals surface area contributed by atoms with Gasteiger partial charge in [-0.3, -0.25) is 4.79 Å². The molecule has 110 valence electrons. The summed E-state index contributed by atoms with van der Waals surface area (Å²) in [6, 6.07) is 1.49. The number of nitrogens with zero attached hydrogens (tertiary/aromatic N) is 1. The van der Waals surface area contributed by atoms with E-state index in [0.29, 0.717) is 6.42 Å². The highest BCUT2D eigenvalue weighted by atomic mass is 19.1. The van der Waals surface area contributed by atoms with Crippen LogP contribution < -0.4 is 10.2 Å². The third kappa shape index (κ3) is 3.66. The van der Waals surface area contributed by atoms with Crippen molar-refractivity contribution in [3.05, 3.63) is 29.3 Å². The van der Waals surface area contributed by atoms with Crippen LogP contribution in [-0.2, 0) is 4.79 Å². The van der Waals surface area contributed by atoms with Gasteiger partial charge in [-0.2, -0.15) is 0 Å². The highest BCUT2D eigenvalue weighted by Gasteiger charge is 2.21. The van der Waals surface area contributed by atoms with Gasteiger partial charge in [-0.1, -0.05) is 6.92 Å². The molecule has 0 aliphatic carbocycles. The number of nitrogens with one attached hydrogen (secondary N) is 1. The number of hydrogen-bond donors (Lipinski definition) is 2. The number of carbonyl (C=O) groups is 2. The smallest absolute Gasteiger partial charge is 0.335 e. The number of hydrogen-bond acceptors (Lipinski definition) is 3. The van der Waals surface area contributed by atoms with Crippen molar-refractivity contribution in [2.24, 2.45) is 0 Å². The second-order valence-electron chi connectivity index (χ2n) is 4.19. The molecule has 0 saturated carbocycles. The Morgan fingerprint density at radius 3 is 2.25 bits per heavy atom. The lowest BCUT2D eigenvalue weighted by Gasteiger charge is -2.24. The summed E-state index contributed by atoms with van der Waals surface area (Å²) >= 11 is 0. The first-order valence-corrected chi connectivity index (χ1v) is 6.08. The molecule has 1 aromatic carbocycles. The maximum absolute atomic E-state index is 13.9. The Bertz CT molecular complexity index is 497. The van der Waals surface area contributed by atoms with Crippen LogP contribution in [0, 0.1) is 11.6 Å². The second kappa shape index (κ2) is 6.83. The summed E-state index contributed by atoms with van der Waals surface area (Å²) in [5.74, 6) is -3.80. The van der Waals surface area contributed by atoms with Crippen LogP contribution in [-0.4, -0.2) is 37.1 Å². The lowest BCUT2D eigenvalue weighted by atomic mass is 10.1. The van der Waals surface area contributed by atoms with Crippen LogP contribution in [0.4, 0.5) is 14.5 Å². The van der Waals surface area contributed by atoms with Crippen molar-refractivity contribution in [2.75, 3.05) is 25.0 Å². The zero-order chi connectivity index (χ0) is 15.3. The van der Waals surface area contributed by atoms with E-state index < -0.39 is 23.2 Å². The Labute approximate surface area is 115 Å². The molecule has 0 radical (unpaired) electrons. The van der Waals surface area contributed by atoms with Crippen LogP contribution in [0.15, 0.2) is 12.1 Å². The van der Waals surface area contributed by atoms with Crippen molar-refractivity contribution >= 4 is 17.6 Å². The van der Waals surface area contributed by atoms with E-state index in [1.54, 1.807) is 6.92 Å². The van der Waals surface area contributed by atoms with Gasteiger partial charge in [0.1, 0.15) is 17.3 Å². The van der Waals surface area contributed by atoms with Crippen molar-refractivity contribution in [3.63, 3.8) is 0 Å². The summed E-state index contributed by atoms with van der Waals surface area (Å²) in [5, 5.41) is 11.1. The first-order chi connectivity index (χ1) is 9.40. The van der Waals surface area contributed by atoms with Crippen LogP contribution in [0.1, 0.15) is 23.7 Å². The van der Waals surface area contributed by atoms with E-state index in [9.17, 15) is 18.4 Å². The Hall–Kier alpha value is -2.18. The number of carboxylic acids is 1. The van der Waals surface area contributed by atoms with Gasteiger partial charge < -0.3 is 15.3 Å². The van der Waals surface area contributed by atoms with Gasteiger partial charge in [-0.05, 0) is 18.6 Å². The fourth-order valence-electron chi connectivity index (χ4n) is 1.78. The molecule has 0 aromatic heterocycles. The van der Waals surface area contributed by atoms with Crippen LogP contribution >= 0.6 is 0 Å². The van der Waals surface area contributed by atoms with E-state index in [1.165, 1.54) is 11.9 Å². The number of carboxylic acid groups (broad SMARTS) is 1. The maximum atomic E-state index is 13.9. The Balaban J connectivity index is 3.19. The van der Waals surface area contributed by atoms with Crippen LogP contribution in [0.3, 0.4) is 0 Å². The summed E-state index contributed by atoms with van der Waals surface area (Å²) in [6.45, 7) is 1.87. The largest absolute Gasteiger partial charge is 0.478 e. The lowest BCUT2D eigenvalue weighted by Crippen LogP contribution is -2.37. The van der Waals surface area contributed by atoms with E-state index in [1.807, 2.05) is 0 Å². The number of carbonyl (C=O) groups excluding carboxylic acids is 1. The summed E-state index contributed by atoms with van der Waals surface area (Å²) in [5.41, 5.74) is -0.861. The van der Waals surface area contributed by atoms with Crippen LogP contribution in [0.2, 0.25) is 0 Å². The number of benzene rings is 1. The molecule has 0 fully saturated rings. The molecule has 1 rings (SSSR count). The average Bonchev–Trinajstić information content (AvgIpc) is 2.37. The molecule has 20 heavy (non-hydrogen) atoms. The molecule has 0 spiro atoms. The molecule has 5 nitrogen and oxygen atoms in total. The van der Waals surface area contributed by atoms with E-state index in [-0.39, 0.29) is 24.7 Å². The first-order valence-electron chi connectivity index (χ1n) is 6.08. The van der Waals surface area contributed by atoms with E-state index in [0.717, 1.165) is 12.1 Å². The molecule has 0 aliphatic rings. The minimum absolute atomic E-state index is 0.204. The van der Waals surface area contributed by atoms with Crippen LogP contribution in [0.5, 0.6) is 0 Å². The van der Waals surface area contributed by atoms with Gasteiger partial charge in [0.05, 0.1) is 12.1 Å². The zero-order valence-electron chi connectivity index (χ0n) is 11.2. The molecule has 1 amide bonds. The molecule has 0 atom stereocenters. The first kappa shape index (κ1) is 15.9. The average molecular weight is 286 g/mol. The number of rotatable bonds is 6. The number of likely N-dealkylation sites (N-methyl/N-ethyl adjacent to an activating group) is 1. The second-order valence-corrected chi connectivity index (χ2v) is 4.19. The molecule has 1 aromatic rings. The lowest BCUT2D eigenvalue weighted by molar-refractivity contribution is -0.119. The molecule has 2 N–H and O–H groups in total. The molecule has 7 heteroatoms. The third-order valence-corrected chi connectivity index (χ3v) is 2.69. The van der Waals surface area contributed by atoms with Gasteiger partial charge in [-0.25, -0.2) is 13.6 Å². The Morgan fingerprint density at radius 1 is 1.30 bits per heavy atom. The molecule has 0 heterocycles. The fourth-order valence-corrected chi connectivity index (χ4v) is 1.78. The monoisotopic (exact) mass is 286 g/mol. The SMILES string of the molecule is CCCN(CC(=O)NC)c1c(F)cc(C(=O)O)cc1F. The topological polar surface area (TPSA) is 69.6 Å². The predicted molar refractivity (Wildman–Crippen MR) is 69.9 cm³/mol. The van der Waals surface area contributed by atoms with Gasteiger partial charge in [0.25, 0.3) is 0 Å². The number of anilines is 1. The van der Waals surface area contributed by atoms with Gasteiger partial charge in [0, 0.05) is 13.6 Å². The van der Waals surface area contributed by atoms with Crippen molar-refractivity contribution in [1.29, 1.82) is 0 Å². The van der Waals surface area contributed by atoms with Crippen molar-refractivity contribution in [2.45, 2.75) is 13.3 Å². The maximum Gasteiger partial charge on any atom is 0.335 e. The minimum atomic E-state index is -1.41.